The van der Waals surface area contributed by atoms with Crippen LogP contribution >= 0.6 is 0 Å². The summed E-state index contributed by atoms with van der Waals surface area (Å²) in [6.07, 6.45) is 0. The van der Waals surface area contributed by atoms with Crippen molar-refractivity contribution in [2.75, 3.05) is 55.4 Å². The zero-order chi connectivity index (χ0) is 31.0. The average molecular weight is 591 g/mol. The maximum atomic E-state index is 13.4. The number of halogens is 1. The molecule has 4 rings (SSSR count). The third-order valence-electron chi connectivity index (χ3n) is 6.81. The van der Waals surface area contributed by atoms with Crippen molar-refractivity contribution in [2.45, 2.75) is 32.9 Å². The van der Waals surface area contributed by atoms with Crippen LogP contribution in [0.4, 0.5) is 31.0 Å². The second kappa shape index (κ2) is 13.9. The highest BCUT2D eigenvalue weighted by Gasteiger charge is 2.23. The molecule has 0 spiro atoms. The number of hydrogen-bond acceptors (Lipinski definition) is 5. The van der Waals surface area contributed by atoms with E-state index in [0.717, 1.165) is 11.4 Å². The largest absolute Gasteiger partial charge is 0.497 e. The zero-order valence-corrected chi connectivity index (χ0v) is 25.0. The van der Waals surface area contributed by atoms with E-state index >= 15 is 0 Å². The highest BCUT2D eigenvalue weighted by atomic mass is 19.1. The van der Waals surface area contributed by atoms with Gasteiger partial charge in [-0.05, 0) is 87.0 Å². The Labute approximate surface area is 251 Å². The summed E-state index contributed by atoms with van der Waals surface area (Å²) in [4.78, 5) is 43.9. The molecule has 1 saturated heterocycles. The van der Waals surface area contributed by atoms with Gasteiger partial charge in [-0.25, -0.2) is 14.0 Å². The van der Waals surface area contributed by atoms with Gasteiger partial charge in [-0.3, -0.25) is 4.79 Å². The predicted molar refractivity (Wildman–Crippen MR) is 166 cm³/mol. The van der Waals surface area contributed by atoms with Crippen molar-refractivity contribution in [3.8, 4) is 5.75 Å². The van der Waals surface area contributed by atoms with Gasteiger partial charge in [0.15, 0.2) is 0 Å². The van der Waals surface area contributed by atoms with Gasteiger partial charge in [-0.2, -0.15) is 0 Å². The van der Waals surface area contributed by atoms with Crippen LogP contribution in [0.25, 0.3) is 0 Å². The van der Waals surface area contributed by atoms with E-state index in [2.05, 4.69) is 20.9 Å². The lowest BCUT2D eigenvalue weighted by Crippen LogP contribution is -2.50. The SMILES string of the molecule is COc1ccc(NC(=O)N2CCN(c3ccc(NC(=O)CN(Cc4ccc(F)cc4)C(=O)NC(C)(C)C)cc3)CC2)cc1. The molecule has 0 unspecified atom stereocenters. The van der Waals surface area contributed by atoms with E-state index in [1.165, 1.54) is 17.0 Å². The Morgan fingerprint density at radius 2 is 1.42 bits per heavy atom. The molecule has 10 nitrogen and oxygen atoms in total. The van der Waals surface area contributed by atoms with Gasteiger partial charge in [0, 0.05) is 55.3 Å². The average Bonchev–Trinajstić information content (AvgIpc) is 2.98. The number of ether oxygens (including phenoxy) is 1. The quantitative estimate of drug-likeness (QED) is 0.337. The monoisotopic (exact) mass is 590 g/mol. The lowest BCUT2D eigenvalue weighted by molar-refractivity contribution is -0.116. The number of methoxy groups -OCH3 is 1. The molecule has 11 heteroatoms. The maximum Gasteiger partial charge on any atom is 0.321 e. The second-order valence-electron chi connectivity index (χ2n) is 11.4. The summed E-state index contributed by atoms with van der Waals surface area (Å²) < 4.78 is 18.5. The van der Waals surface area contributed by atoms with Crippen molar-refractivity contribution in [3.63, 3.8) is 0 Å². The molecule has 3 aromatic rings. The predicted octanol–water partition coefficient (Wildman–Crippen LogP) is 5.14. The van der Waals surface area contributed by atoms with Crippen LogP contribution in [-0.4, -0.2) is 73.1 Å². The van der Waals surface area contributed by atoms with Gasteiger partial charge in [0.25, 0.3) is 0 Å². The van der Waals surface area contributed by atoms with E-state index in [-0.39, 0.29) is 36.9 Å². The van der Waals surface area contributed by atoms with Crippen LogP contribution < -0.4 is 25.6 Å². The maximum absolute atomic E-state index is 13.4. The molecule has 0 aromatic heterocycles. The Morgan fingerprint density at radius 3 is 2.00 bits per heavy atom. The Bertz CT molecular complexity index is 1380. The number of anilines is 3. The van der Waals surface area contributed by atoms with E-state index in [0.29, 0.717) is 43.1 Å². The Morgan fingerprint density at radius 1 is 0.837 bits per heavy atom. The standard InChI is InChI=1S/C32H39FN6O4/c1-32(2,3)36-31(42)39(21-23-5-7-24(33)8-6-23)22-29(40)34-25-9-13-27(14-10-25)37-17-19-38(20-18-37)30(41)35-26-11-15-28(43-4)16-12-26/h5-16H,17-22H2,1-4H3,(H,34,40)(H,35,41)(H,36,42). The molecule has 1 aliphatic heterocycles. The number of piperazine rings is 1. The van der Waals surface area contributed by atoms with Crippen LogP contribution in [0.3, 0.4) is 0 Å². The van der Waals surface area contributed by atoms with Crippen LogP contribution in [0.15, 0.2) is 72.8 Å². The summed E-state index contributed by atoms with van der Waals surface area (Å²) >= 11 is 0. The molecular weight excluding hydrogens is 551 g/mol. The minimum Gasteiger partial charge on any atom is -0.497 e. The smallest absolute Gasteiger partial charge is 0.321 e. The Hall–Kier alpha value is -4.80. The van der Waals surface area contributed by atoms with Crippen LogP contribution in [0, 0.1) is 5.82 Å². The molecule has 1 aliphatic rings. The Kier molecular flexibility index (Phi) is 10.1. The number of nitrogens with one attached hydrogen (secondary N) is 3. The highest BCUT2D eigenvalue weighted by molar-refractivity contribution is 5.94. The van der Waals surface area contributed by atoms with Gasteiger partial charge in [0.1, 0.15) is 18.1 Å². The number of amides is 5. The summed E-state index contributed by atoms with van der Waals surface area (Å²) in [5, 5.41) is 8.66. The summed E-state index contributed by atoms with van der Waals surface area (Å²) in [7, 11) is 1.60. The summed E-state index contributed by atoms with van der Waals surface area (Å²) in [6, 6.07) is 20.0. The lowest BCUT2D eigenvalue weighted by atomic mass is 10.1. The first-order chi connectivity index (χ1) is 20.5. The first kappa shape index (κ1) is 31.1. The molecule has 0 radical (unpaired) electrons. The van der Waals surface area contributed by atoms with Gasteiger partial charge in [-0.1, -0.05) is 12.1 Å². The fourth-order valence-electron chi connectivity index (χ4n) is 4.58. The number of hydrogen-bond donors (Lipinski definition) is 3. The molecule has 3 N–H and O–H groups in total. The second-order valence-corrected chi connectivity index (χ2v) is 11.4. The minimum absolute atomic E-state index is 0.146. The van der Waals surface area contributed by atoms with E-state index in [4.69, 9.17) is 4.74 Å². The lowest BCUT2D eigenvalue weighted by Gasteiger charge is -2.36. The molecular formula is C32H39FN6O4. The van der Waals surface area contributed by atoms with Crippen molar-refractivity contribution in [3.05, 3.63) is 84.2 Å². The number of nitrogens with zero attached hydrogens (tertiary/aromatic N) is 3. The van der Waals surface area contributed by atoms with Gasteiger partial charge in [-0.15, -0.1) is 0 Å². The topological polar surface area (TPSA) is 106 Å². The van der Waals surface area contributed by atoms with Crippen LogP contribution in [0.5, 0.6) is 5.75 Å². The van der Waals surface area contributed by atoms with Crippen molar-refractivity contribution >= 4 is 35.0 Å². The number of benzene rings is 3. The van der Waals surface area contributed by atoms with E-state index in [1.54, 1.807) is 48.4 Å². The highest BCUT2D eigenvalue weighted by Crippen LogP contribution is 2.21. The normalized spacial score (nSPS) is 13.2. The summed E-state index contributed by atoms with van der Waals surface area (Å²) in [5.74, 6) is 0.00711. The number of urea groups is 2. The molecule has 43 heavy (non-hydrogen) atoms. The van der Waals surface area contributed by atoms with Crippen LogP contribution in [-0.2, 0) is 11.3 Å². The molecule has 0 aliphatic carbocycles. The van der Waals surface area contributed by atoms with E-state index in [9.17, 15) is 18.8 Å². The number of rotatable bonds is 8. The van der Waals surface area contributed by atoms with Crippen molar-refractivity contribution in [2.24, 2.45) is 0 Å². The third kappa shape index (κ3) is 9.35. The molecule has 0 bridgehead atoms. The molecule has 3 aromatic carbocycles. The summed E-state index contributed by atoms with van der Waals surface area (Å²) in [6.45, 7) is 8.04. The third-order valence-corrected chi connectivity index (χ3v) is 6.81. The molecule has 228 valence electrons. The van der Waals surface area contributed by atoms with Gasteiger partial charge in [0.2, 0.25) is 5.91 Å². The first-order valence-electron chi connectivity index (χ1n) is 14.2. The molecule has 5 amide bonds. The van der Waals surface area contributed by atoms with Gasteiger partial charge < -0.3 is 35.4 Å². The molecule has 1 heterocycles. The summed E-state index contributed by atoms with van der Waals surface area (Å²) in [5.41, 5.74) is 2.51. The van der Waals surface area contributed by atoms with Gasteiger partial charge >= 0.3 is 12.1 Å². The van der Waals surface area contributed by atoms with Gasteiger partial charge in [0.05, 0.1) is 7.11 Å². The van der Waals surface area contributed by atoms with Crippen molar-refractivity contribution in [1.82, 2.24) is 15.1 Å². The van der Waals surface area contributed by atoms with E-state index < -0.39 is 5.54 Å². The first-order valence-corrected chi connectivity index (χ1v) is 14.2. The van der Waals surface area contributed by atoms with Crippen molar-refractivity contribution < 1.29 is 23.5 Å². The number of carbonyl (C=O) groups excluding carboxylic acids is 3. The van der Waals surface area contributed by atoms with Crippen molar-refractivity contribution in [1.29, 1.82) is 0 Å². The molecule has 0 saturated carbocycles. The van der Waals surface area contributed by atoms with E-state index in [1.807, 2.05) is 45.0 Å². The fraction of sp³-hybridized carbons (Fsp3) is 0.344. The number of carbonyl (C=O) groups is 3. The van der Waals surface area contributed by atoms with Crippen LogP contribution in [0.1, 0.15) is 26.3 Å². The van der Waals surface area contributed by atoms with Crippen LogP contribution in [0.2, 0.25) is 0 Å². The zero-order valence-electron chi connectivity index (χ0n) is 25.0. The molecule has 0 atom stereocenters. The fourth-order valence-corrected chi connectivity index (χ4v) is 4.58. The minimum atomic E-state index is -0.490. The molecule has 1 fully saturated rings. The Balaban J connectivity index is 1.29.